The predicted molar refractivity (Wildman–Crippen MR) is 111 cm³/mol. The van der Waals surface area contributed by atoms with Gasteiger partial charge < -0.3 is 19.2 Å². The van der Waals surface area contributed by atoms with E-state index < -0.39 is 5.60 Å². The molecule has 0 radical (unpaired) electrons. The highest BCUT2D eigenvalue weighted by Crippen LogP contribution is 2.25. The molecule has 158 valence electrons. The first-order valence-corrected chi connectivity index (χ1v) is 10.1. The summed E-state index contributed by atoms with van der Waals surface area (Å²) in [5, 5.41) is 2.90. The number of hydrogen-bond donors (Lipinski definition) is 1. The van der Waals surface area contributed by atoms with E-state index in [9.17, 15) is 4.79 Å². The molecule has 0 saturated carbocycles. The Balaban J connectivity index is 1.58. The zero-order chi connectivity index (χ0) is 20.9. The topological polar surface area (TPSA) is 76.8 Å². The van der Waals surface area contributed by atoms with E-state index in [0.717, 1.165) is 42.9 Å². The van der Waals surface area contributed by atoms with Crippen LogP contribution in [0.15, 0.2) is 34.9 Å². The van der Waals surface area contributed by atoms with Crippen molar-refractivity contribution in [1.29, 1.82) is 0 Å². The zero-order valence-corrected chi connectivity index (χ0v) is 17.7. The maximum Gasteiger partial charge on any atom is 0.407 e. The van der Waals surface area contributed by atoms with Crippen molar-refractivity contribution in [3.63, 3.8) is 0 Å². The van der Waals surface area contributed by atoms with Gasteiger partial charge in [0.15, 0.2) is 5.76 Å². The van der Waals surface area contributed by atoms with Gasteiger partial charge in [0.1, 0.15) is 11.4 Å². The van der Waals surface area contributed by atoms with Crippen molar-refractivity contribution in [3.8, 4) is 17.1 Å². The van der Waals surface area contributed by atoms with Gasteiger partial charge >= 0.3 is 6.09 Å². The Labute approximate surface area is 172 Å². The van der Waals surface area contributed by atoms with Gasteiger partial charge in [0.25, 0.3) is 0 Å². The molecule has 1 aliphatic heterocycles. The summed E-state index contributed by atoms with van der Waals surface area (Å²) in [4.78, 5) is 18.8. The Hall–Kier alpha value is -2.54. The average molecular weight is 402 g/mol. The number of amides is 1. The molecule has 0 aliphatic carbocycles. The number of hydrogen-bond acceptors (Lipinski definition) is 6. The number of aromatic nitrogens is 1. The van der Waals surface area contributed by atoms with Gasteiger partial charge in [0.2, 0.25) is 5.89 Å². The summed E-state index contributed by atoms with van der Waals surface area (Å²) in [6.45, 7) is 7.73. The number of likely N-dealkylation sites (tertiary alicyclic amines) is 1. The van der Waals surface area contributed by atoms with Crippen LogP contribution in [0.1, 0.15) is 45.9 Å². The zero-order valence-electron chi connectivity index (χ0n) is 17.7. The molecule has 3 rings (SSSR count). The van der Waals surface area contributed by atoms with Crippen LogP contribution in [-0.2, 0) is 11.3 Å². The minimum absolute atomic E-state index is 0.243. The van der Waals surface area contributed by atoms with Crippen LogP contribution in [0.2, 0.25) is 0 Å². The van der Waals surface area contributed by atoms with Crippen LogP contribution in [0.3, 0.4) is 0 Å². The summed E-state index contributed by atoms with van der Waals surface area (Å²) in [7, 11) is 1.65. The number of ether oxygens (including phenoxy) is 2. The molecule has 2 heterocycles. The standard InChI is InChI=1S/C22H31N3O4/c1-22(2,3)29-21(26)24-13-17-7-5-6-12-25(17)15-20-23-14-19(28-20)16-8-10-18(27-4)11-9-16/h8-11,14,17H,5-7,12-13,15H2,1-4H3,(H,24,26)/t17-/m0/s1. The van der Waals surface area contributed by atoms with Gasteiger partial charge in [-0.15, -0.1) is 0 Å². The first kappa shape index (κ1) is 21.2. The quantitative estimate of drug-likeness (QED) is 0.781. The number of benzene rings is 1. The molecule has 0 unspecified atom stereocenters. The SMILES string of the molecule is COc1ccc(-c2cnc(CN3CCCC[C@H]3CNC(=O)OC(C)(C)C)o2)cc1. The van der Waals surface area contributed by atoms with Gasteiger partial charge in [-0.3, -0.25) is 4.90 Å². The van der Waals surface area contributed by atoms with Gasteiger partial charge in [-0.2, -0.15) is 0 Å². The van der Waals surface area contributed by atoms with Crippen molar-refractivity contribution in [2.75, 3.05) is 20.2 Å². The van der Waals surface area contributed by atoms with Crippen LogP contribution in [-0.4, -0.2) is 47.8 Å². The van der Waals surface area contributed by atoms with Crippen molar-refractivity contribution >= 4 is 6.09 Å². The third-order valence-electron chi connectivity index (χ3n) is 4.90. The molecule has 1 aromatic heterocycles. The summed E-state index contributed by atoms with van der Waals surface area (Å²) in [6, 6.07) is 7.96. The monoisotopic (exact) mass is 401 g/mol. The van der Waals surface area contributed by atoms with E-state index >= 15 is 0 Å². The molecule has 1 amide bonds. The Kier molecular flexibility index (Phi) is 6.79. The molecule has 2 aromatic rings. The molecule has 1 fully saturated rings. The Morgan fingerprint density at radius 1 is 1.28 bits per heavy atom. The van der Waals surface area contributed by atoms with E-state index in [1.807, 2.05) is 45.0 Å². The van der Waals surface area contributed by atoms with E-state index in [1.54, 1.807) is 13.3 Å². The maximum absolute atomic E-state index is 12.0. The maximum atomic E-state index is 12.0. The predicted octanol–water partition coefficient (Wildman–Crippen LogP) is 4.23. The number of oxazole rings is 1. The molecule has 1 atom stereocenters. The third kappa shape index (κ3) is 6.22. The minimum Gasteiger partial charge on any atom is -0.497 e. The lowest BCUT2D eigenvalue weighted by atomic mass is 10.0. The van der Waals surface area contributed by atoms with E-state index in [0.29, 0.717) is 19.0 Å². The summed E-state index contributed by atoms with van der Waals surface area (Å²) in [5.41, 5.74) is 0.470. The first-order chi connectivity index (χ1) is 13.8. The van der Waals surface area contributed by atoms with Crippen LogP contribution in [0.5, 0.6) is 5.75 Å². The fourth-order valence-electron chi connectivity index (χ4n) is 3.46. The highest BCUT2D eigenvalue weighted by atomic mass is 16.6. The number of alkyl carbamates (subject to hydrolysis) is 1. The number of nitrogens with one attached hydrogen (secondary N) is 1. The van der Waals surface area contributed by atoms with Crippen LogP contribution < -0.4 is 10.1 Å². The fraction of sp³-hybridized carbons (Fsp3) is 0.545. The van der Waals surface area contributed by atoms with Gasteiger partial charge in [0.05, 0.1) is 19.9 Å². The fourth-order valence-corrected chi connectivity index (χ4v) is 3.46. The normalized spacial score (nSPS) is 17.7. The lowest BCUT2D eigenvalue weighted by Crippen LogP contribution is -2.47. The smallest absolute Gasteiger partial charge is 0.407 e. The van der Waals surface area contributed by atoms with Gasteiger partial charge in [0, 0.05) is 18.2 Å². The van der Waals surface area contributed by atoms with Gasteiger partial charge in [-0.05, 0) is 64.4 Å². The van der Waals surface area contributed by atoms with Crippen molar-refractivity contribution < 1.29 is 18.7 Å². The summed E-state index contributed by atoms with van der Waals surface area (Å²) in [6.07, 6.45) is 4.70. The highest BCUT2D eigenvalue weighted by molar-refractivity contribution is 5.67. The van der Waals surface area contributed by atoms with Crippen LogP contribution in [0.4, 0.5) is 4.79 Å². The summed E-state index contributed by atoms with van der Waals surface area (Å²) in [5.74, 6) is 2.23. The number of piperidine rings is 1. The largest absolute Gasteiger partial charge is 0.497 e. The molecule has 1 N–H and O–H groups in total. The molecular weight excluding hydrogens is 370 g/mol. The van der Waals surface area contributed by atoms with Crippen molar-refractivity contribution in [2.24, 2.45) is 0 Å². The molecule has 1 saturated heterocycles. The van der Waals surface area contributed by atoms with E-state index in [1.165, 1.54) is 0 Å². The number of methoxy groups -OCH3 is 1. The lowest BCUT2D eigenvalue weighted by molar-refractivity contribution is 0.0488. The number of carbonyl (C=O) groups excluding carboxylic acids is 1. The second-order valence-corrected chi connectivity index (χ2v) is 8.35. The number of rotatable bonds is 6. The third-order valence-corrected chi connectivity index (χ3v) is 4.90. The van der Waals surface area contributed by atoms with Crippen molar-refractivity contribution in [2.45, 2.75) is 58.2 Å². The van der Waals surface area contributed by atoms with Crippen LogP contribution >= 0.6 is 0 Å². The van der Waals surface area contributed by atoms with Crippen molar-refractivity contribution in [3.05, 3.63) is 36.4 Å². The molecule has 7 heteroatoms. The summed E-state index contributed by atoms with van der Waals surface area (Å²) >= 11 is 0. The molecule has 0 bridgehead atoms. The minimum atomic E-state index is -0.494. The van der Waals surface area contributed by atoms with E-state index in [2.05, 4.69) is 15.2 Å². The molecule has 0 spiro atoms. The lowest BCUT2D eigenvalue weighted by Gasteiger charge is -2.35. The van der Waals surface area contributed by atoms with Gasteiger partial charge in [-0.1, -0.05) is 6.42 Å². The van der Waals surface area contributed by atoms with Crippen molar-refractivity contribution in [1.82, 2.24) is 15.2 Å². The summed E-state index contributed by atoms with van der Waals surface area (Å²) < 4.78 is 16.5. The average Bonchev–Trinajstić information content (AvgIpc) is 3.14. The van der Waals surface area contributed by atoms with E-state index in [-0.39, 0.29) is 12.1 Å². The molecule has 29 heavy (non-hydrogen) atoms. The highest BCUT2D eigenvalue weighted by Gasteiger charge is 2.25. The molecule has 1 aliphatic rings. The van der Waals surface area contributed by atoms with Crippen LogP contribution in [0, 0.1) is 0 Å². The first-order valence-electron chi connectivity index (χ1n) is 10.1. The molecule has 7 nitrogen and oxygen atoms in total. The molecule has 1 aromatic carbocycles. The second-order valence-electron chi connectivity index (χ2n) is 8.35. The van der Waals surface area contributed by atoms with E-state index in [4.69, 9.17) is 13.9 Å². The Morgan fingerprint density at radius 3 is 2.72 bits per heavy atom. The Bertz CT molecular complexity index is 795. The molecular formula is C22H31N3O4. The second kappa shape index (κ2) is 9.31. The number of nitrogens with zero attached hydrogens (tertiary/aromatic N) is 2. The van der Waals surface area contributed by atoms with Crippen LogP contribution in [0.25, 0.3) is 11.3 Å². The Morgan fingerprint density at radius 2 is 2.03 bits per heavy atom. The van der Waals surface area contributed by atoms with Gasteiger partial charge in [-0.25, -0.2) is 9.78 Å². The number of carbonyl (C=O) groups is 1.